The highest BCUT2D eigenvalue weighted by Gasteiger charge is 2.21. The Balaban J connectivity index is 1.20. The Morgan fingerprint density at radius 2 is 1.93 bits per heavy atom. The van der Waals surface area contributed by atoms with Crippen molar-refractivity contribution in [1.82, 2.24) is 15.6 Å². The summed E-state index contributed by atoms with van der Waals surface area (Å²) in [6.07, 6.45) is 4.08. The van der Waals surface area contributed by atoms with Crippen molar-refractivity contribution in [3.05, 3.63) is 48.2 Å². The second-order valence-corrected chi connectivity index (χ2v) is 6.78. The molecule has 0 bridgehead atoms. The maximum atomic E-state index is 12.0. The van der Waals surface area contributed by atoms with Gasteiger partial charge in [-0.05, 0) is 36.6 Å². The molecule has 1 fully saturated rings. The number of ether oxygens (including phenoxy) is 2. The molecule has 1 saturated heterocycles. The molecule has 0 aliphatic carbocycles. The molecule has 1 aromatic carbocycles. The van der Waals surface area contributed by atoms with E-state index in [-0.39, 0.29) is 12.1 Å². The van der Waals surface area contributed by atoms with Crippen molar-refractivity contribution in [2.24, 2.45) is 0 Å². The quantitative estimate of drug-likeness (QED) is 0.847. The largest absolute Gasteiger partial charge is 0.486 e. The first-order valence-corrected chi connectivity index (χ1v) is 9.38. The maximum absolute atomic E-state index is 12.0. The molecule has 0 saturated carbocycles. The van der Waals surface area contributed by atoms with Crippen LogP contribution < -0.4 is 25.0 Å². The van der Waals surface area contributed by atoms with Crippen LogP contribution in [0.2, 0.25) is 0 Å². The Hall–Kier alpha value is -2.96. The number of hydrogen-bond donors (Lipinski definition) is 2. The van der Waals surface area contributed by atoms with Crippen LogP contribution in [-0.2, 0) is 6.54 Å². The predicted octanol–water partition coefficient (Wildman–Crippen LogP) is 2.32. The molecule has 2 aliphatic heterocycles. The van der Waals surface area contributed by atoms with Gasteiger partial charge in [0.2, 0.25) is 0 Å². The molecular weight excluding hydrogens is 344 g/mol. The first-order chi connectivity index (χ1) is 13.3. The monoisotopic (exact) mass is 368 g/mol. The minimum atomic E-state index is -0.235. The molecule has 7 nitrogen and oxygen atoms in total. The fourth-order valence-corrected chi connectivity index (χ4v) is 3.27. The number of carbonyl (C=O) groups excluding carboxylic acids is 1. The molecule has 2 amide bonds. The van der Waals surface area contributed by atoms with E-state index in [0.29, 0.717) is 25.4 Å². The predicted molar refractivity (Wildman–Crippen MR) is 102 cm³/mol. The van der Waals surface area contributed by atoms with E-state index in [9.17, 15) is 4.79 Å². The average molecular weight is 368 g/mol. The molecule has 2 N–H and O–H groups in total. The van der Waals surface area contributed by atoms with Crippen molar-refractivity contribution in [2.45, 2.75) is 25.5 Å². The standard InChI is InChI=1S/C20H24N4O3/c25-20(23-13-16-14-26-17-5-1-2-6-18(17)27-16)22-12-15-7-8-19(21-11-15)24-9-3-4-10-24/h1-2,5-8,11,16H,3-4,9-10,12-14H2,(H2,22,23,25). The second-order valence-electron chi connectivity index (χ2n) is 6.78. The van der Waals surface area contributed by atoms with Gasteiger partial charge < -0.3 is 25.0 Å². The summed E-state index contributed by atoms with van der Waals surface area (Å²) < 4.78 is 11.5. The molecule has 27 heavy (non-hydrogen) atoms. The lowest BCUT2D eigenvalue weighted by atomic mass is 10.2. The molecule has 0 spiro atoms. The molecule has 0 radical (unpaired) electrons. The van der Waals surface area contributed by atoms with Crippen molar-refractivity contribution in [3.8, 4) is 11.5 Å². The summed E-state index contributed by atoms with van der Waals surface area (Å²) in [6, 6.07) is 11.3. The third-order valence-corrected chi connectivity index (χ3v) is 4.75. The summed E-state index contributed by atoms with van der Waals surface area (Å²) in [4.78, 5) is 18.8. The van der Waals surface area contributed by atoms with Crippen LogP contribution in [0.15, 0.2) is 42.6 Å². The van der Waals surface area contributed by atoms with Gasteiger partial charge in [0.15, 0.2) is 17.6 Å². The Bertz CT molecular complexity index is 775. The van der Waals surface area contributed by atoms with Gasteiger partial charge in [-0.15, -0.1) is 0 Å². The topological polar surface area (TPSA) is 75.7 Å². The zero-order valence-electron chi connectivity index (χ0n) is 15.2. The number of pyridine rings is 1. The van der Waals surface area contributed by atoms with Gasteiger partial charge >= 0.3 is 6.03 Å². The Kier molecular flexibility index (Phi) is 5.27. The molecule has 1 atom stereocenters. The van der Waals surface area contributed by atoms with Crippen molar-refractivity contribution < 1.29 is 14.3 Å². The molecule has 2 aromatic rings. The maximum Gasteiger partial charge on any atom is 0.315 e. The van der Waals surface area contributed by atoms with E-state index in [0.717, 1.165) is 30.2 Å². The van der Waals surface area contributed by atoms with Crippen molar-refractivity contribution >= 4 is 11.8 Å². The van der Waals surface area contributed by atoms with Gasteiger partial charge in [0.1, 0.15) is 12.4 Å². The number of anilines is 1. The number of aromatic nitrogens is 1. The fourth-order valence-electron chi connectivity index (χ4n) is 3.27. The number of nitrogens with one attached hydrogen (secondary N) is 2. The van der Waals surface area contributed by atoms with E-state index in [1.165, 1.54) is 12.8 Å². The summed E-state index contributed by atoms with van der Waals surface area (Å²) in [5.41, 5.74) is 0.972. The van der Waals surface area contributed by atoms with Gasteiger partial charge in [-0.1, -0.05) is 18.2 Å². The zero-order chi connectivity index (χ0) is 18.5. The van der Waals surface area contributed by atoms with E-state index >= 15 is 0 Å². The summed E-state index contributed by atoms with van der Waals surface area (Å²) in [6.45, 7) is 3.38. The van der Waals surface area contributed by atoms with Gasteiger partial charge in [-0.25, -0.2) is 9.78 Å². The number of urea groups is 1. The van der Waals surface area contributed by atoms with Crippen LogP contribution in [0.4, 0.5) is 10.6 Å². The fraction of sp³-hybridized carbons (Fsp3) is 0.400. The molecule has 2 aliphatic rings. The van der Waals surface area contributed by atoms with Crippen LogP contribution in [0.5, 0.6) is 11.5 Å². The SMILES string of the molecule is O=C(NCc1ccc(N2CCCC2)nc1)NCC1COc2ccccc2O1. The third kappa shape index (κ3) is 4.42. The molecule has 4 rings (SSSR count). The van der Waals surface area contributed by atoms with Gasteiger partial charge in [0, 0.05) is 25.8 Å². The van der Waals surface area contributed by atoms with E-state index < -0.39 is 0 Å². The average Bonchev–Trinajstić information content (AvgIpc) is 3.26. The minimum Gasteiger partial charge on any atom is -0.486 e. The van der Waals surface area contributed by atoms with Crippen molar-refractivity contribution in [1.29, 1.82) is 0 Å². The number of fused-ring (bicyclic) bond motifs is 1. The third-order valence-electron chi connectivity index (χ3n) is 4.75. The van der Waals surface area contributed by atoms with Crippen LogP contribution >= 0.6 is 0 Å². The zero-order valence-corrected chi connectivity index (χ0v) is 15.2. The first-order valence-electron chi connectivity index (χ1n) is 9.38. The lowest BCUT2D eigenvalue weighted by Crippen LogP contribution is -2.44. The smallest absolute Gasteiger partial charge is 0.315 e. The molecule has 7 heteroatoms. The second kappa shape index (κ2) is 8.16. The van der Waals surface area contributed by atoms with Crippen LogP contribution in [0.3, 0.4) is 0 Å². The van der Waals surface area contributed by atoms with Crippen LogP contribution in [0, 0.1) is 0 Å². The highest BCUT2D eigenvalue weighted by molar-refractivity contribution is 5.73. The summed E-state index contributed by atoms with van der Waals surface area (Å²) in [5.74, 6) is 2.46. The molecule has 142 valence electrons. The lowest BCUT2D eigenvalue weighted by molar-refractivity contribution is 0.0918. The van der Waals surface area contributed by atoms with E-state index in [2.05, 4.69) is 20.5 Å². The first kappa shape index (κ1) is 17.5. The van der Waals surface area contributed by atoms with Gasteiger partial charge in [-0.2, -0.15) is 0 Å². The number of nitrogens with zero attached hydrogens (tertiary/aromatic N) is 2. The molecule has 1 unspecified atom stereocenters. The number of rotatable bonds is 5. The van der Waals surface area contributed by atoms with Crippen LogP contribution in [-0.4, -0.2) is 43.4 Å². The van der Waals surface area contributed by atoms with Crippen molar-refractivity contribution in [3.63, 3.8) is 0 Å². The number of hydrogen-bond acceptors (Lipinski definition) is 5. The van der Waals surface area contributed by atoms with Crippen LogP contribution in [0.25, 0.3) is 0 Å². The van der Waals surface area contributed by atoms with Gasteiger partial charge in [0.25, 0.3) is 0 Å². The van der Waals surface area contributed by atoms with E-state index in [1.54, 1.807) is 0 Å². The summed E-state index contributed by atoms with van der Waals surface area (Å²) >= 11 is 0. The van der Waals surface area contributed by atoms with E-state index in [1.807, 2.05) is 42.6 Å². The van der Waals surface area contributed by atoms with Crippen LogP contribution in [0.1, 0.15) is 18.4 Å². The number of amides is 2. The normalized spacial score (nSPS) is 18.2. The van der Waals surface area contributed by atoms with E-state index in [4.69, 9.17) is 9.47 Å². The Morgan fingerprint density at radius 3 is 2.70 bits per heavy atom. The number of carbonyl (C=O) groups is 1. The number of para-hydroxylation sites is 2. The summed E-state index contributed by atoms with van der Waals surface area (Å²) in [7, 11) is 0. The molecule has 3 heterocycles. The highest BCUT2D eigenvalue weighted by Crippen LogP contribution is 2.30. The van der Waals surface area contributed by atoms with Crippen molar-refractivity contribution in [2.75, 3.05) is 31.1 Å². The lowest BCUT2D eigenvalue weighted by Gasteiger charge is -2.26. The highest BCUT2D eigenvalue weighted by atomic mass is 16.6. The Morgan fingerprint density at radius 1 is 1.11 bits per heavy atom. The molecular formula is C20H24N4O3. The number of benzene rings is 1. The molecule has 1 aromatic heterocycles. The minimum absolute atomic E-state index is 0.202. The Labute approximate surface area is 158 Å². The van der Waals surface area contributed by atoms with Gasteiger partial charge in [-0.3, -0.25) is 0 Å². The summed E-state index contributed by atoms with van der Waals surface area (Å²) in [5, 5.41) is 5.67. The van der Waals surface area contributed by atoms with Gasteiger partial charge in [0.05, 0.1) is 6.54 Å².